The Balaban J connectivity index is 2.62. The lowest BCUT2D eigenvalue weighted by molar-refractivity contribution is -0.113. The summed E-state index contributed by atoms with van der Waals surface area (Å²) in [6.07, 6.45) is 0. The molecule has 1 rings (SSSR count). The normalized spacial score (nSPS) is 38.2. The smallest absolute Gasteiger partial charge is 0.225 e. The van der Waals surface area contributed by atoms with Crippen LogP contribution in [0.2, 0.25) is 0 Å². The van der Waals surface area contributed by atoms with E-state index in [2.05, 4.69) is 20.8 Å². The first-order valence-corrected chi connectivity index (χ1v) is 3.55. The van der Waals surface area contributed by atoms with Crippen molar-refractivity contribution < 1.29 is 4.79 Å². The van der Waals surface area contributed by atoms with Crippen LogP contribution in [-0.2, 0) is 4.79 Å². The molecule has 2 atom stereocenters. The van der Waals surface area contributed by atoms with Crippen molar-refractivity contribution >= 4 is 16.8 Å². The fourth-order valence-electron chi connectivity index (χ4n) is 1.38. The largest absolute Gasteiger partial charge is 0.281 e. The van der Waals surface area contributed by atoms with Gasteiger partial charge in [0.05, 0.1) is 0 Å². The summed E-state index contributed by atoms with van der Waals surface area (Å²) in [5.41, 5.74) is 0.166. The van der Waals surface area contributed by atoms with Crippen molar-refractivity contribution in [1.82, 2.24) is 0 Å². The second-order valence-corrected chi connectivity index (χ2v) is 3.76. The minimum Gasteiger partial charge on any atom is -0.281 e. The van der Waals surface area contributed by atoms with Gasteiger partial charge in [0.15, 0.2) is 0 Å². The fourth-order valence-corrected chi connectivity index (χ4v) is 1.85. The van der Waals surface area contributed by atoms with Crippen LogP contribution in [0.15, 0.2) is 0 Å². The summed E-state index contributed by atoms with van der Waals surface area (Å²) < 4.78 is 0. The van der Waals surface area contributed by atoms with Gasteiger partial charge in [-0.3, -0.25) is 4.79 Å². The first-order valence-electron chi connectivity index (χ1n) is 3.17. The maximum atomic E-state index is 10.6. The van der Waals surface area contributed by atoms with Crippen molar-refractivity contribution in [2.24, 2.45) is 17.3 Å². The third-order valence-electron chi connectivity index (χ3n) is 2.61. The second kappa shape index (κ2) is 1.72. The molecule has 1 nitrogen and oxygen atoms in total. The van der Waals surface area contributed by atoms with Crippen LogP contribution in [0.25, 0.3) is 0 Å². The summed E-state index contributed by atoms with van der Waals surface area (Å²) in [6.45, 7) is 6.20. The lowest BCUT2D eigenvalue weighted by Crippen LogP contribution is -1.96. The molecule has 1 saturated carbocycles. The van der Waals surface area contributed by atoms with Crippen LogP contribution in [-0.4, -0.2) is 5.24 Å². The first kappa shape index (κ1) is 7.07. The van der Waals surface area contributed by atoms with Crippen LogP contribution in [0.3, 0.4) is 0 Å². The van der Waals surface area contributed by atoms with Crippen LogP contribution < -0.4 is 0 Å². The number of hydrogen-bond acceptors (Lipinski definition) is 1. The van der Waals surface area contributed by atoms with Crippen LogP contribution in [0, 0.1) is 17.3 Å². The molecule has 0 saturated heterocycles. The zero-order valence-corrected chi connectivity index (χ0v) is 6.70. The predicted molar refractivity (Wildman–Crippen MR) is 37.3 cm³/mol. The molecule has 0 spiro atoms. The molecule has 1 aliphatic rings. The van der Waals surface area contributed by atoms with E-state index < -0.39 is 0 Å². The van der Waals surface area contributed by atoms with Gasteiger partial charge in [0, 0.05) is 5.92 Å². The minimum absolute atomic E-state index is 0.110. The second-order valence-electron chi connectivity index (χ2n) is 3.39. The molecule has 0 amide bonds. The molecule has 0 radical (unpaired) electrons. The monoisotopic (exact) mass is 146 g/mol. The van der Waals surface area contributed by atoms with Gasteiger partial charge in [0.1, 0.15) is 0 Å². The van der Waals surface area contributed by atoms with Crippen molar-refractivity contribution in [3.63, 3.8) is 0 Å². The van der Waals surface area contributed by atoms with Crippen molar-refractivity contribution in [2.75, 3.05) is 0 Å². The molecule has 0 bridgehead atoms. The SMILES string of the molecule is CC1C(C(=O)Cl)C1(C)C. The molecule has 1 aliphatic carbocycles. The van der Waals surface area contributed by atoms with Crippen LogP contribution in [0.4, 0.5) is 0 Å². The fraction of sp³-hybridized carbons (Fsp3) is 0.857. The van der Waals surface area contributed by atoms with E-state index in [-0.39, 0.29) is 16.6 Å². The zero-order valence-electron chi connectivity index (χ0n) is 5.94. The highest BCUT2D eigenvalue weighted by Gasteiger charge is 2.58. The quantitative estimate of drug-likeness (QED) is 0.518. The lowest BCUT2D eigenvalue weighted by Gasteiger charge is -1.95. The van der Waals surface area contributed by atoms with E-state index in [0.717, 1.165) is 0 Å². The van der Waals surface area contributed by atoms with Crippen LogP contribution >= 0.6 is 11.6 Å². The number of halogens is 1. The summed E-state index contributed by atoms with van der Waals surface area (Å²) in [4.78, 5) is 10.6. The summed E-state index contributed by atoms with van der Waals surface area (Å²) in [5, 5.41) is -0.174. The Bertz CT molecular complexity index is 151. The standard InChI is InChI=1S/C7H11ClO/c1-4-5(6(8)9)7(4,2)3/h4-5H,1-3H3. The molecule has 1 fully saturated rings. The van der Waals surface area contributed by atoms with Crippen LogP contribution in [0.5, 0.6) is 0 Å². The highest BCUT2D eigenvalue weighted by molar-refractivity contribution is 6.64. The van der Waals surface area contributed by atoms with Gasteiger partial charge in [-0.15, -0.1) is 0 Å². The average Bonchev–Trinajstić information content (AvgIpc) is 2.07. The van der Waals surface area contributed by atoms with E-state index in [4.69, 9.17) is 11.6 Å². The van der Waals surface area contributed by atoms with E-state index in [1.807, 2.05) is 0 Å². The van der Waals surface area contributed by atoms with Crippen molar-refractivity contribution in [3.8, 4) is 0 Å². The number of carbonyl (C=O) groups excluding carboxylic acids is 1. The van der Waals surface area contributed by atoms with Gasteiger partial charge in [0.25, 0.3) is 0 Å². The Morgan fingerprint density at radius 2 is 1.89 bits per heavy atom. The topological polar surface area (TPSA) is 17.1 Å². The van der Waals surface area contributed by atoms with Crippen molar-refractivity contribution in [2.45, 2.75) is 20.8 Å². The molecular formula is C7H11ClO. The Morgan fingerprint density at radius 1 is 1.56 bits per heavy atom. The third-order valence-corrected chi connectivity index (χ3v) is 2.85. The number of rotatable bonds is 1. The van der Waals surface area contributed by atoms with Gasteiger partial charge in [-0.1, -0.05) is 20.8 Å². The van der Waals surface area contributed by atoms with Gasteiger partial charge in [-0.05, 0) is 22.9 Å². The van der Waals surface area contributed by atoms with E-state index in [1.165, 1.54) is 0 Å². The van der Waals surface area contributed by atoms with Crippen molar-refractivity contribution in [3.05, 3.63) is 0 Å². The summed E-state index contributed by atoms with van der Waals surface area (Å²) in [6, 6.07) is 0. The lowest BCUT2D eigenvalue weighted by atomic mass is 10.1. The van der Waals surface area contributed by atoms with Crippen molar-refractivity contribution in [1.29, 1.82) is 0 Å². The van der Waals surface area contributed by atoms with Gasteiger partial charge < -0.3 is 0 Å². The zero-order chi connectivity index (χ0) is 7.23. The molecule has 0 N–H and O–H groups in total. The van der Waals surface area contributed by atoms with E-state index in [1.54, 1.807) is 0 Å². The predicted octanol–water partition coefficient (Wildman–Crippen LogP) is 2.04. The van der Waals surface area contributed by atoms with Gasteiger partial charge in [0.2, 0.25) is 5.24 Å². The minimum atomic E-state index is -0.174. The number of carbonyl (C=O) groups is 1. The maximum Gasteiger partial charge on any atom is 0.225 e. The molecule has 9 heavy (non-hydrogen) atoms. The molecular weight excluding hydrogens is 136 g/mol. The molecule has 2 unspecified atom stereocenters. The van der Waals surface area contributed by atoms with E-state index in [0.29, 0.717) is 5.92 Å². The highest BCUT2D eigenvalue weighted by Crippen LogP contribution is 2.58. The molecule has 2 heteroatoms. The summed E-state index contributed by atoms with van der Waals surface area (Å²) in [5.74, 6) is 0.585. The number of hydrogen-bond donors (Lipinski definition) is 0. The molecule has 0 aromatic rings. The van der Waals surface area contributed by atoms with Crippen LogP contribution in [0.1, 0.15) is 20.8 Å². The Morgan fingerprint density at radius 3 is 1.89 bits per heavy atom. The maximum absolute atomic E-state index is 10.6. The molecule has 0 heterocycles. The Kier molecular flexibility index (Phi) is 1.35. The molecule has 0 aliphatic heterocycles. The summed E-state index contributed by atoms with van der Waals surface area (Å²) in [7, 11) is 0. The van der Waals surface area contributed by atoms with Gasteiger partial charge in [-0.2, -0.15) is 0 Å². The summed E-state index contributed by atoms with van der Waals surface area (Å²) >= 11 is 5.32. The van der Waals surface area contributed by atoms with Gasteiger partial charge in [-0.25, -0.2) is 0 Å². The molecule has 52 valence electrons. The van der Waals surface area contributed by atoms with E-state index >= 15 is 0 Å². The third kappa shape index (κ3) is 0.877. The highest BCUT2D eigenvalue weighted by atomic mass is 35.5. The average molecular weight is 147 g/mol. The van der Waals surface area contributed by atoms with Gasteiger partial charge >= 0.3 is 0 Å². The molecule has 0 aromatic heterocycles. The van der Waals surface area contributed by atoms with E-state index in [9.17, 15) is 4.79 Å². The Hall–Kier alpha value is -0.0400. The first-order chi connectivity index (χ1) is 3.98. The Labute approximate surface area is 60.4 Å². The molecule has 0 aromatic carbocycles.